The van der Waals surface area contributed by atoms with Gasteiger partial charge in [0, 0.05) is 25.7 Å². The number of carbonyl (C=O) groups excluding carboxylic acids is 1. The number of fused-ring (bicyclic) bond motifs is 1. The van der Waals surface area contributed by atoms with Crippen molar-refractivity contribution in [2.45, 2.75) is 12.1 Å². The van der Waals surface area contributed by atoms with Crippen LogP contribution >= 0.6 is 0 Å². The Morgan fingerprint density at radius 3 is 2.87 bits per heavy atom. The van der Waals surface area contributed by atoms with E-state index in [1.807, 2.05) is 4.90 Å². The number of rotatable bonds is 2. The third-order valence-electron chi connectivity index (χ3n) is 4.10. The molecule has 2 aromatic rings. The van der Waals surface area contributed by atoms with Gasteiger partial charge in [0.15, 0.2) is 5.82 Å². The van der Waals surface area contributed by atoms with Crippen LogP contribution in [0.25, 0.3) is 0 Å². The molecular weight excluding hydrogens is 305 g/mol. The highest BCUT2D eigenvalue weighted by molar-refractivity contribution is 5.91. The maximum atomic E-state index is 13.0. The highest BCUT2D eigenvalue weighted by Crippen LogP contribution is 2.26. The fraction of sp³-hybridized carbons (Fsp3) is 0.429. The van der Waals surface area contributed by atoms with Gasteiger partial charge in [-0.25, -0.2) is 14.4 Å². The lowest BCUT2D eigenvalue weighted by molar-refractivity contribution is 0.0293. The molecule has 2 saturated heterocycles. The Hall–Kier alpha value is -2.55. The smallest absolute Gasteiger partial charge is 0.292 e. The Balaban J connectivity index is 1.54. The summed E-state index contributed by atoms with van der Waals surface area (Å²) in [5, 5.41) is 3.56. The molecule has 2 aliphatic rings. The van der Waals surface area contributed by atoms with Crippen LogP contribution in [0.5, 0.6) is 0 Å². The second kappa shape index (κ2) is 5.58. The van der Waals surface area contributed by atoms with Gasteiger partial charge >= 0.3 is 0 Å². The number of carbonyl (C=O) groups is 1. The number of ether oxygens (including phenoxy) is 1. The predicted octanol–water partition coefficient (Wildman–Crippen LogP) is 0.333. The molecule has 1 amide bonds. The summed E-state index contributed by atoms with van der Waals surface area (Å²) in [6.07, 6.45) is 3.58. The Labute approximate surface area is 130 Å². The monoisotopic (exact) mass is 319 g/mol. The fourth-order valence-electron chi connectivity index (χ4n) is 3.04. The molecule has 2 atom stereocenters. The molecule has 0 unspecified atom stereocenters. The van der Waals surface area contributed by atoms with E-state index in [0.29, 0.717) is 32.2 Å². The van der Waals surface area contributed by atoms with Crippen molar-refractivity contribution in [3.8, 4) is 0 Å². The minimum Gasteiger partial charge on any atom is -0.372 e. The molecule has 0 aromatic carbocycles. The molecule has 2 aromatic heterocycles. The summed E-state index contributed by atoms with van der Waals surface area (Å²) in [5.41, 5.74) is 0. The van der Waals surface area contributed by atoms with Crippen molar-refractivity contribution in [2.75, 3.05) is 31.1 Å². The third-order valence-corrected chi connectivity index (χ3v) is 4.10. The number of anilines is 1. The summed E-state index contributed by atoms with van der Waals surface area (Å²) < 4.78 is 23.7. The van der Waals surface area contributed by atoms with Crippen molar-refractivity contribution in [3.05, 3.63) is 36.2 Å². The van der Waals surface area contributed by atoms with E-state index in [0.717, 1.165) is 12.4 Å². The Bertz CT molecular complexity index is 693. The first-order chi connectivity index (χ1) is 11.2. The van der Waals surface area contributed by atoms with Crippen LogP contribution in [0.2, 0.25) is 0 Å². The minimum absolute atomic E-state index is 0.0684. The summed E-state index contributed by atoms with van der Waals surface area (Å²) >= 11 is 0. The van der Waals surface area contributed by atoms with Crippen LogP contribution in [-0.4, -0.2) is 64.3 Å². The number of morpholine rings is 1. The van der Waals surface area contributed by atoms with E-state index in [9.17, 15) is 9.18 Å². The fourth-order valence-corrected chi connectivity index (χ4v) is 3.04. The summed E-state index contributed by atoms with van der Waals surface area (Å²) in [6.45, 7) is 2.02. The average Bonchev–Trinajstić information content (AvgIpc) is 3.24. The molecule has 2 fully saturated rings. The highest BCUT2D eigenvalue weighted by atomic mass is 19.1. The van der Waals surface area contributed by atoms with E-state index in [2.05, 4.69) is 15.1 Å². The van der Waals surface area contributed by atoms with Crippen LogP contribution in [-0.2, 0) is 4.74 Å². The lowest BCUT2D eigenvalue weighted by atomic mass is 10.1. The van der Waals surface area contributed by atoms with E-state index < -0.39 is 5.82 Å². The van der Waals surface area contributed by atoms with Gasteiger partial charge in [-0.15, -0.1) is 0 Å². The lowest BCUT2D eigenvalue weighted by Gasteiger charge is -2.36. The summed E-state index contributed by atoms with van der Waals surface area (Å²) in [6, 6.07) is 1.47. The summed E-state index contributed by atoms with van der Waals surface area (Å²) in [7, 11) is 0. The second-order valence-electron chi connectivity index (χ2n) is 5.46. The van der Waals surface area contributed by atoms with Gasteiger partial charge in [0.1, 0.15) is 0 Å². The van der Waals surface area contributed by atoms with Gasteiger partial charge in [-0.1, -0.05) is 5.16 Å². The molecule has 0 aliphatic carbocycles. The van der Waals surface area contributed by atoms with Gasteiger partial charge in [0.05, 0.1) is 37.3 Å². The van der Waals surface area contributed by atoms with Crippen LogP contribution in [0.15, 0.2) is 29.2 Å². The molecule has 9 heteroatoms. The zero-order valence-corrected chi connectivity index (χ0v) is 12.1. The number of likely N-dealkylation sites (tertiary alicyclic amines) is 1. The molecule has 23 heavy (non-hydrogen) atoms. The first-order valence-electron chi connectivity index (χ1n) is 7.28. The van der Waals surface area contributed by atoms with Crippen LogP contribution in [0.1, 0.15) is 10.6 Å². The summed E-state index contributed by atoms with van der Waals surface area (Å²) in [4.78, 5) is 24.1. The number of hydrogen-bond acceptors (Lipinski definition) is 7. The molecule has 0 bridgehead atoms. The molecule has 120 valence electrons. The molecule has 0 saturated carbocycles. The quantitative estimate of drug-likeness (QED) is 0.789. The zero-order chi connectivity index (χ0) is 15.8. The van der Waals surface area contributed by atoms with Gasteiger partial charge in [0.2, 0.25) is 11.7 Å². The molecular formula is C14H14FN5O3. The van der Waals surface area contributed by atoms with Gasteiger partial charge in [-0.2, -0.15) is 0 Å². The first kappa shape index (κ1) is 14.1. The van der Waals surface area contributed by atoms with Gasteiger partial charge in [-0.05, 0) is 0 Å². The number of nitrogens with zero attached hydrogens (tertiary/aromatic N) is 5. The highest BCUT2D eigenvalue weighted by Gasteiger charge is 2.43. The van der Waals surface area contributed by atoms with E-state index in [1.54, 1.807) is 4.90 Å². The van der Waals surface area contributed by atoms with Crippen molar-refractivity contribution in [3.63, 3.8) is 0 Å². The van der Waals surface area contributed by atoms with Crippen molar-refractivity contribution in [2.24, 2.45) is 0 Å². The normalized spacial score (nSPS) is 23.9. The molecule has 4 rings (SSSR count). The standard InChI is InChI=1S/C14H14FN5O3/c15-9-5-16-14(17-6-9)20-3-4-22-12-8-19(7-10(12)20)13(21)11-1-2-18-23-11/h1-2,5-6,10,12H,3-4,7-8H2/t10-,12+/m1/s1. The predicted molar refractivity (Wildman–Crippen MR) is 75.3 cm³/mol. The Morgan fingerprint density at radius 2 is 2.13 bits per heavy atom. The lowest BCUT2D eigenvalue weighted by Crippen LogP contribution is -2.51. The third kappa shape index (κ3) is 2.52. The maximum absolute atomic E-state index is 13.0. The van der Waals surface area contributed by atoms with E-state index in [1.165, 1.54) is 12.3 Å². The number of aromatic nitrogens is 3. The van der Waals surface area contributed by atoms with Crippen LogP contribution in [0, 0.1) is 5.82 Å². The van der Waals surface area contributed by atoms with E-state index >= 15 is 0 Å². The van der Waals surface area contributed by atoms with Crippen molar-refractivity contribution >= 4 is 11.9 Å². The first-order valence-corrected chi connectivity index (χ1v) is 7.28. The molecule has 2 aliphatic heterocycles. The van der Waals surface area contributed by atoms with E-state index in [-0.39, 0.29) is 23.8 Å². The molecule has 8 nitrogen and oxygen atoms in total. The summed E-state index contributed by atoms with van der Waals surface area (Å²) in [5.74, 6) is -0.0560. The van der Waals surface area contributed by atoms with Gasteiger partial charge in [0.25, 0.3) is 5.91 Å². The van der Waals surface area contributed by atoms with Crippen molar-refractivity contribution < 1.29 is 18.4 Å². The van der Waals surface area contributed by atoms with Crippen molar-refractivity contribution in [1.82, 2.24) is 20.0 Å². The zero-order valence-electron chi connectivity index (χ0n) is 12.1. The SMILES string of the molecule is O=C(c1ccno1)N1C[C@@H]2OCCN(c3ncc(F)cn3)[C@@H]2C1. The van der Waals surface area contributed by atoms with Crippen LogP contribution in [0.3, 0.4) is 0 Å². The number of halogens is 1. The van der Waals surface area contributed by atoms with Crippen LogP contribution < -0.4 is 4.90 Å². The molecule has 0 radical (unpaired) electrons. The Kier molecular flexibility index (Phi) is 3.41. The largest absolute Gasteiger partial charge is 0.372 e. The molecule has 0 spiro atoms. The van der Waals surface area contributed by atoms with E-state index in [4.69, 9.17) is 9.26 Å². The maximum Gasteiger partial charge on any atom is 0.292 e. The minimum atomic E-state index is -0.480. The van der Waals surface area contributed by atoms with Gasteiger partial charge < -0.3 is 19.1 Å². The molecule has 0 N–H and O–H groups in total. The van der Waals surface area contributed by atoms with Gasteiger partial charge in [-0.3, -0.25) is 4.79 Å². The van der Waals surface area contributed by atoms with Crippen LogP contribution in [0.4, 0.5) is 10.3 Å². The van der Waals surface area contributed by atoms with Crippen molar-refractivity contribution in [1.29, 1.82) is 0 Å². The molecule has 4 heterocycles. The number of amides is 1. The average molecular weight is 319 g/mol. The second-order valence-corrected chi connectivity index (χ2v) is 5.46. The number of hydrogen-bond donors (Lipinski definition) is 0. The Morgan fingerprint density at radius 1 is 1.30 bits per heavy atom. The topological polar surface area (TPSA) is 84.6 Å².